The van der Waals surface area contributed by atoms with Crippen LogP contribution in [-0.4, -0.2) is 92.8 Å². The van der Waals surface area contributed by atoms with Crippen molar-refractivity contribution in [1.29, 1.82) is 0 Å². The van der Waals surface area contributed by atoms with E-state index < -0.39 is 57.2 Å². The number of hydroxylamine groups is 2. The van der Waals surface area contributed by atoms with Gasteiger partial charge in [0.15, 0.2) is 16.9 Å². The number of carboxylic acids is 1. The quantitative estimate of drug-likeness (QED) is 0.0619. The molecule has 6 rings (SSSR count). The average molecular weight is 763 g/mol. The van der Waals surface area contributed by atoms with E-state index >= 15 is 0 Å². The molecule has 2 aromatic rings. The van der Waals surface area contributed by atoms with Crippen LogP contribution in [-0.2, 0) is 40.3 Å². The lowest BCUT2D eigenvalue weighted by molar-refractivity contribution is -0.218. The third-order valence-electron chi connectivity index (χ3n) is 10.5. The number of β-lactam (4-membered cyclic amide) rings is 1. The number of nitrogens with one attached hydrogen (secondary N) is 1. The Balaban J connectivity index is 1.16. The lowest BCUT2D eigenvalue weighted by Crippen LogP contribution is -2.76. The minimum atomic E-state index is -5.03. The number of thiazole rings is 1. The molecule has 2 aliphatic carbocycles. The van der Waals surface area contributed by atoms with Gasteiger partial charge in [-0.25, -0.2) is 9.78 Å². The van der Waals surface area contributed by atoms with Crippen molar-refractivity contribution in [2.24, 2.45) is 27.0 Å². The van der Waals surface area contributed by atoms with Crippen LogP contribution in [0.2, 0.25) is 0 Å². The molecule has 18 nitrogen and oxygen atoms in total. The van der Waals surface area contributed by atoms with Gasteiger partial charge in [0.25, 0.3) is 17.4 Å². The second-order valence-corrected chi connectivity index (χ2v) is 16.5. The van der Waals surface area contributed by atoms with Crippen LogP contribution in [0.15, 0.2) is 33.7 Å². The van der Waals surface area contributed by atoms with Crippen molar-refractivity contribution in [3.63, 3.8) is 0 Å². The van der Waals surface area contributed by atoms with Crippen LogP contribution in [0.1, 0.15) is 82.5 Å². The van der Waals surface area contributed by atoms with Crippen LogP contribution in [0.3, 0.4) is 0 Å². The molecule has 0 radical (unpaired) electrons. The number of fused-ring (bicyclic) bond motifs is 1. The number of amides is 2. The fraction of sp³-hybridized carbons (Fsp3) is 0.562. The highest BCUT2D eigenvalue weighted by atomic mass is 32.3. The molecule has 1 spiro atoms. The number of hydrogen-bond acceptors (Lipinski definition) is 14. The first-order valence-corrected chi connectivity index (χ1v) is 19.0. The van der Waals surface area contributed by atoms with Gasteiger partial charge in [0.05, 0.1) is 11.6 Å². The maximum Gasteiger partial charge on any atom is 0.418 e. The number of aryl methyl sites for hydroxylation is 1. The summed E-state index contributed by atoms with van der Waals surface area (Å²) in [6.07, 6.45) is 5.88. The molecule has 3 fully saturated rings. The van der Waals surface area contributed by atoms with E-state index in [1.807, 2.05) is 6.07 Å². The zero-order valence-electron chi connectivity index (χ0n) is 28.8. The molecule has 4 aliphatic rings. The monoisotopic (exact) mass is 762 g/mol. The number of carbonyl (C=O) groups is 3. The van der Waals surface area contributed by atoms with E-state index in [1.54, 1.807) is 12.1 Å². The van der Waals surface area contributed by atoms with Crippen molar-refractivity contribution < 1.29 is 46.3 Å². The molecule has 52 heavy (non-hydrogen) atoms. The molecule has 282 valence electrons. The topological polar surface area (TPSA) is 284 Å². The Morgan fingerprint density at radius 2 is 1.90 bits per heavy atom. The fourth-order valence-electron chi connectivity index (χ4n) is 7.41. The number of oxime groups is 1. The molecule has 20 heteroatoms. The molecule has 3 heterocycles. The molecule has 1 saturated heterocycles. The molecule has 2 saturated carbocycles. The van der Waals surface area contributed by atoms with E-state index in [4.69, 9.17) is 36.3 Å². The Bertz CT molecular complexity index is 1930. The highest BCUT2D eigenvalue weighted by Crippen LogP contribution is 2.51. The summed E-state index contributed by atoms with van der Waals surface area (Å²) < 4.78 is 41.9. The Labute approximate surface area is 303 Å². The Morgan fingerprint density at radius 3 is 2.48 bits per heavy atom. The lowest BCUT2D eigenvalue weighted by atomic mass is 9.58. The summed E-state index contributed by atoms with van der Waals surface area (Å²) in [4.78, 5) is 53.3. The van der Waals surface area contributed by atoms with Gasteiger partial charge in [0.1, 0.15) is 23.3 Å². The van der Waals surface area contributed by atoms with Gasteiger partial charge in [0.2, 0.25) is 0 Å². The third-order valence-corrected chi connectivity index (χ3v) is 11.5. The first kappa shape index (κ1) is 37.4. The predicted molar refractivity (Wildman–Crippen MR) is 187 cm³/mol. The van der Waals surface area contributed by atoms with Gasteiger partial charge >= 0.3 is 16.4 Å². The summed E-state index contributed by atoms with van der Waals surface area (Å²) in [5.41, 5.74) is 16.0. The standard InChI is InChI=1S/C32H42N8O10S2/c1-30(2)24(27(42)40(30)50-52(45,46)47)38-26(41)23(20-15-51-29(35)37-20)39-49-31(3,28(43)44)22-7-5-16-12-17(4-6-21(16)48-22)25(34)36-19-8-10-32(11-9-19)13-18(33)14-32/h4,6,12,15,18-19,22,24H,5,7-11,13-14,33H2,1-3H3,(H2,34,36)(H2,35,37)(H,38,41)(H,43,44)(H,45,46,47). The number of nitrogen functional groups attached to an aromatic ring is 1. The van der Waals surface area contributed by atoms with Crippen molar-refractivity contribution in [1.82, 2.24) is 15.4 Å². The SMILES string of the molecule is CC(ON=C(C(=O)NC1C(=O)N(OS(=O)(=O)O)C1(C)C)c1csc(N)n1)(C(=O)O)C1CCc2cc(C(N)=NC3CCC4(CC3)CC(N)C4)ccc2O1. The third kappa shape index (κ3) is 7.29. The van der Waals surface area contributed by atoms with Crippen LogP contribution < -0.4 is 27.3 Å². The Hall–Kier alpha value is -4.37. The smallest absolute Gasteiger partial charge is 0.418 e. The van der Waals surface area contributed by atoms with Crippen LogP contribution in [0, 0.1) is 5.41 Å². The van der Waals surface area contributed by atoms with E-state index in [0.717, 1.165) is 61.0 Å². The zero-order valence-corrected chi connectivity index (χ0v) is 30.4. The van der Waals surface area contributed by atoms with E-state index in [-0.39, 0.29) is 23.3 Å². The van der Waals surface area contributed by atoms with Gasteiger partial charge in [0, 0.05) is 17.0 Å². The number of anilines is 1. The molecule has 2 aliphatic heterocycles. The number of aromatic nitrogens is 1. The predicted octanol–water partition coefficient (Wildman–Crippen LogP) is 1.28. The molecule has 0 bridgehead atoms. The molecular formula is C32H42N8O10S2. The van der Waals surface area contributed by atoms with Crippen LogP contribution in [0.25, 0.3) is 0 Å². The van der Waals surface area contributed by atoms with Gasteiger partial charge < -0.3 is 37.2 Å². The summed E-state index contributed by atoms with van der Waals surface area (Å²) in [6, 6.07) is 4.49. The molecule has 1 aromatic heterocycles. The number of benzene rings is 1. The van der Waals surface area contributed by atoms with E-state index in [2.05, 4.69) is 19.7 Å². The number of amidine groups is 1. The van der Waals surface area contributed by atoms with Crippen molar-refractivity contribution in [2.45, 2.75) is 108 Å². The molecule has 9 N–H and O–H groups in total. The summed E-state index contributed by atoms with van der Waals surface area (Å²) in [5.74, 6) is -2.57. The van der Waals surface area contributed by atoms with E-state index in [0.29, 0.717) is 34.5 Å². The van der Waals surface area contributed by atoms with Gasteiger partial charge in [-0.05, 0) is 101 Å². The molecule has 3 atom stereocenters. The Morgan fingerprint density at radius 1 is 1.21 bits per heavy atom. The first-order valence-electron chi connectivity index (χ1n) is 16.7. The highest BCUT2D eigenvalue weighted by molar-refractivity contribution is 7.80. The number of carbonyl (C=O) groups excluding carboxylic acids is 2. The normalized spacial score (nSPS) is 28.5. The van der Waals surface area contributed by atoms with E-state index in [9.17, 15) is 27.9 Å². The summed E-state index contributed by atoms with van der Waals surface area (Å²) in [6.45, 7) is 4.01. The fourth-order valence-corrected chi connectivity index (χ4v) is 8.41. The number of rotatable bonds is 11. The van der Waals surface area contributed by atoms with Crippen molar-refractivity contribution in [3.05, 3.63) is 40.4 Å². The maximum absolute atomic E-state index is 13.5. The molecule has 1 aromatic carbocycles. The summed E-state index contributed by atoms with van der Waals surface area (Å²) in [5, 5.41) is 18.5. The molecule has 2 amide bonds. The lowest BCUT2D eigenvalue weighted by Gasteiger charge is -2.50. The number of ether oxygens (including phenoxy) is 1. The van der Waals surface area contributed by atoms with Crippen molar-refractivity contribution in [2.75, 3.05) is 5.73 Å². The number of aliphatic carboxylic acids is 1. The van der Waals surface area contributed by atoms with Gasteiger partial charge in [-0.1, -0.05) is 5.16 Å². The number of aliphatic imine (C=N–C) groups is 1. The van der Waals surface area contributed by atoms with Crippen molar-refractivity contribution >= 4 is 56.2 Å². The zero-order chi connectivity index (χ0) is 37.8. The largest absolute Gasteiger partial charge is 0.485 e. The summed E-state index contributed by atoms with van der Waals surface area (Å²) >= 11 is 0.970. The van der Waals surface area contributed by atoms with Crippen molar-refractivity contribution in [3.8, 4) is 5.75 Å². The number of carboxylic acid groups (broad SMARTS) is 1. The first-order chi connectivity index (χ1) is 24.3. The molecule has 3 unspecified atom stereocenters. The maximum atomic E-state index is 13.5. The van der Waals surface area contributed by atoms with Gasteiger partial charge in [-0.15, -0.1) is 15.6 Å². The number of hydrogen-bond donors (Lipinski definition) is 6. The van der Waals surface area contributed by atoms with Gasteiger partial charge in [-0.2, -0.15) is 13.5 Å². The second kappa shape index (κ2) is 13.6. The second-order valence-electron chi connectivity index (χ2n) is 14.6. The van der Waals surface area contributed by atoms with Crippen LogP contribution >= 0.6 is 11.3 Å². The Kier molecular flexibility index (Phi) is 9.75. The minimum absolute atomic E-state index is 0.0625. The number of nitrogens with two attached hydrogens (primary N) is 3. The summed E-state index contributed by atoms with van der Waals surface area (Å²) in [7, 11) is -5.03. The minimum Gasteiger partial charge on any atom is -0.485 e. The number of nitrogens with zero attached hydrogens (tertiary/aromatic N) is 4. The van der Waals surface area contributed by atoms with Crippen LogP contribution in [0.5, 0.6) is 5.75 Å². The highest BCUT2D eigenvalue weighted by Gasteiger charge is 2.58. The van der Waals surface area contributed by atoms with Crippen LogP contribution in [0.4, 0.5) is 5.13 Å². The average Bonchev–Trinajstić information content (AvgIpc) is 3.50. The van der Waals surface area contributed by atoms with E-state index in [1.165, 1.54) is 26.2 Å². The molecular weight excluding hydrogens is 721 g/mol. The van der Waals surface area contributed by atoms with Gasteiger partial charge in [-0.3, -0.25) is 19.1 Å².